The summed E-state index contributed by atoms with van der Waals surface area (Å²) in [5.74, 6) is 0. The summed E-state index contributed by atoms with van der Waals surface area (Å²) >= 11 is 0. The van der Waals surface area contributed by atoms with Gasteiger partial charge in [-0.3, -0.25) is 0 Å². The van der Waals surface area contributed by atoms with Gasteiger partial charge in [0.15, 0.2) is 0 Å². The predicted molar refractivity (Wildman–Crippen MR) is 71.6 cm³/mol. The van der Waals surface area contributed by atoms with Gasteiger partial charge in [0.05, 0.1) is 8.07 Å². The van der Waals surface area contributed by atoms with Gasteiger partial charge in [-0.2, -0.15) is 0 Å². The summed E-state index contributed by atoms with van der Waals surface area (Å²) in [6.07, 6.45) is 3.97. The van der Waals surface area contributed by atoms with Crippen LogP contribution in [0.2, 0.25) is 19.1 Å². The van der Waals surface area contributed by atoms with E-state index in [4.69, 9.17) is 0 Å². The monoisotopic (exact) mass is 219 g/mol. The Balaban J connectivity index is 2.18. The number of hydrogen-bond donors (Lipinski definition) is 0. The van der Waals surface area contributed by atoms with Crippen LogP contribution in [-0.2, 0) is 6.42 Å². The maximum atomic E-state index is 2.45. The molecule has 0 fully saturated rings. The molecule has 0 aliphatic rings. The number of aryl methyl sites for hydroxylation is 1. The van der Waals surface area contributed by atoms with E-state index >= 15 is 0 Å². The molecule has 1 rings (SSSR count). The van der Waals surface area contributed by atoms with E-state index in [0.717, 1.165) is 0 Å². The molecule has 0 N–H and O–H groups in total. The zero-order chi connectivity index (χ0) is 11.1. The Morgan fingerprint density at radius 1 is 1.07 bits per heavy atom. The molecule has 83 valence electrons. The number of rotatable bonds is 6. The fraction of sp³-hybridized carbons (Fsp3) is 0.500. The third-order valence-corrected chi connectivity index (χ3v) is 6.37. The van der Waals surface area contributed by atoms with Gasteiger partial charge < -0.3 is 0 Å². The van der Waals surface area contributed by atoms with Gasteiger partial charge in [0.25, 0.3) is 0 Å². The molecule has 0 saturated heterocycles. The van der Waals surface area contributed by atoms with Gasteiger partial charge in [0.1, 0.15) is 0 Å². The Morgan fingerprint density at radius 3 is 2.33 bits per heavy atom. The summed E-state index contributed by atoms with van der Waals surface area (Å²) in [4.78, 5) is 0. The Labute approximate surface area is 95.7 Å². The topological polar surface area (TPSA) is 0 Å². The van der Waals surface area contributed by atoms with Crippen molar-refractivity contribution in [3.05, 3.63) is 41.9 Å². The molecule has 1 radical (unpaired) electrons. The lowest BCUT2D eigenvalue weighted by atomic mass is 10.1. The van der Waals surface area contributed by atoms with Crippen LogP contribution in [-0.4, -0.2) is 8.07 Å². The minimum absolute atomic E-state index is 0.940. The summed E-state index contributed by atoms with van der Waals surface area (Å²) in [5.41, 5.74) is 1.48. The van der Waals surface area contributed by atoms with Crippen molar-refractivity contribution in [3.63, 3.8) is 0 Å². The van der Waals surface area contributed by atoms with Gasteiger partial charge in [0, 0.05) is 0 Å². The van der Waals surface area contributed by atoms with Crippen LogP contribution < -0.4 is 0 Å². The minimum atomic E-state index is -0.940. The van der Waals surface area contributed by atoms with Crippen molar-refractivity contribution in [1.82, 2.24) is 0 Å². The normalized spacial score (nSPS) is 11.7. The van der Waals surface area contributed by atoms with Gasteiger partial charge in [-0.1, -0.05) is 62.8 Å². The van der Waals surface area contributed by atoms with Crippen LogP contribution in [0.3, 0.4) is 0 Å². The maximum Gasteiger partial charge on any atom is 0.0501 e. The van der Waals surface area contributed by atoms with Crippen molar-refractivity contribution < 1.29 is 0 Å². The molecule has 0 saturated carbocycles. The summed E-state index contributed by atoms with van der Waals surface area (Å²) in [5, 5.41) is 0. The predicted octanol–water partition coefficient (Wildman–Crippen LogP) is 4.48. The van der Waals surface area contributed by atoms with Gasteiger partial charge >= 0.3 is 0 Å². The molecule has 0 bridgehead atoms. The zero-order valence-corrected chi connectivity index (χ0v) is 11.3. The highest BCUT2D eigenvalue weighted by Crippen LogP contribution is 2.17. The molecule has 0 spiro atoms. The van der Waals surface area contributed by atoms with Gasteiger partial charge in [-0.25, -0.2) is 0 Å². The van der Waals surface area contributed by atoms with Crippen LogP contribution in [0.5, 0.6) is 0 Å². The number of hydrogen-bond acceptors (Lipinski definition) is 0. The number of benzene rings is 1. The molecular weight excluding hydrogens is 196 g/mol. The van der Waals surface area contributed by atoms with Crippen molar-refractivity contribution in [2.24, 2.45) is 0 Å². The molecule has 0 aromatic heterocycles. The average Bonchev–Trinajstić information content (AvgIpc) is 2.26. The molecule has 0 aliphatic heterocycles. The molecule has 0 nitrogen and oxygen atoms in total. The van der Waals surface area contributed by atoms with E-state index in [1.54, 1.807) is 0 Å². The lowest BCUT2D eigenvalue weighted by Gasteiger charge is -2.19. The van der Waals surface area contributed by atoms with E-state index in [1.807, 2.05) is 0 Å². The van der Waals surface area contributed by atoms with Gasteiger partial charge in [0.2, 0.25) is 0 Å². The fourth-order valence-electron chi connectivity index (χ4n) is 1.70. The minimum Gasteiger partial charge on any atom is -0.0692 e. The van der Waals surface area contributed by atoms with E-state index in [1.165, 1.54) is 30.9 Å². The van der Waals surface area contributed by atoms with Crippen molar-refractivity contribution in [3.8, 4) is 0 Å². The van der Waals surface area contributed by atoms with Crippen LogP contribution in [0.25, 0.3) is 0 Å². The van der Waals surface area contributed by atoms with Crippen LogP contribution >= 0.6 is 0 Å². The quantitative estimate of drug-likeness (QED) is 0.489. The highest BCUT2D eigenvalue weighted by atomic mass is 28.3. The largest absolute Gasteiger partial charge is 0.0692 e. The van der Waals surface area contributed by atoms with Crippen molar-refractivity contribution in [2.75, 3.05) is 0 Å². The van der Waals surface area contributed by atoms with Crippen molar-refractivity contribution in [1.29, 1.82) is 0 Å². The summed E-state index contributed by atoms with van der Waals surface area (Å²) in [6, 6.07) is 14.7. The molecule has 0 heterocycles. The van der Waals surface area contributed by atoms with E-state index in [2.05, 4.69) is 56.4 Å². The Bertz CT molecular complexity index is 264. The maximum absolute atomic E-state index is 2.45. The second-order valence-corrected chi connectivity index (χ2v) is 10.0. The van der Waals surface area contributed by atoms with E-state index in [-0.39, 0.29) is 0 Å². The van der Waals surface area contributed by atoms with Gasteiger partial charge in [-0.05, 0) is 24.4 Å². The first-order valence-electron chi connectivity index (χ1n) is 5.98. The summed E-state index contributed by atoms with van der Waals surface area (Å²) in [7, 11) is -0.940. The molecule has 0 amide bonds. The number of unbranched alkanes of at least 4 members (excludes halogenated alkanes) is 1. The SMILES string of the molecule is C[CH][Si](C)(C)CCCCc1ccccc1. The van der Waals surface area contributed by atoms with Crippen molar-refractivity contribution in [2.45, 2.75) is 45.3 Å². The average molecular weight is 219 g/mol. The van der Waals surface area contributed by atoms with Crippen LogP contribution in [0.1, 0.15) is 25.3 Å². The van der Waals surface area contributed by atoms with Gasteiger partial charge in [-0.15, -0.1) is 0 Å². The molecule has 1 aromatic carbocycles. The lowest BCUT2D eigenvalue weighted by Crippen LogP contribution is -2.24. The van der Waals surface area contributed by atoms with E-state index in [0.29, 0.717) is 0 Å². The molecule has 0 atom stereocenters. The van der Waals surface area contributed by atoms with Crippen LogP contribution in [0, 0.1) is 6.04 Å². The highest BCUT2D eigenvalue weighted by molar-refractivity contribution is 6.80. The van der Waals surface area contributed by atoms with Crippen molar-refractivity contribution >= 4 is 8.07 Å². The first-order chi connectivity index (χ1) is 7.14. The molecule has 1 heteroatoms. The smallest absolute Gasteiger partial charge is 0.0501 e. The van der Waals surface area contributed by atoms with Crippen LogP contribution in [0.15, 0.2) is 30.3 Å². The Hall–Kier alpha value is -0.563. The first-order valence-corrected chi connectivity index (χ1v) is 9.27. The van der Waals surface area contributed by atoms with Crippen LogP contribution in [0.4, 0.5) is 0 Å². The summed E-state index contributed by atoms with van der Waals surface area (Å²) in [6.45, 7) is 7.13. The molecular formula is C14H23Si. The molecule has 1 aromatic rings. The fourth-order valence-corrected chi connectivity index (χ4v) is 3.15. The third kappa shape index (κ3) is 5.17. The Kier molecular flexibility index (Phi) is 5.10. The molecule has 15 heavy (non-hydrogen) atoms. The van der Waals surface area contributed by atoms with E-state index in [9.17, 15) is 0 Å². The second-order valence-electron chi connectivity index (χ2n) is 4.97. The Morgan fingerprint density at radius 2 is 1.73 bits per heavy atom. The third-order valence-electron chi connectivity index (χ3n) is 3.16. The van der Waals surface area contributed by atoms with E-state index < -0.39 is 8.07 Å². The first kappa shape index (κ1) is 12.5. The lowest BCUT2D eigenvalue weighted by molar-refractivity contribution is 0.785. The highest BCUT2D eigenvalue weighted by Gasteiger charge is 2.16. The second kappa shape index (κ2) is 6.11. The standard InChI is InChI=1S/C14H23Si/c1-4-15(2,3)13-9-8-12-14-10-6-5-7-11-14/h4-7,10-11H,8-9,12-13H2,1-3H3. The molecule has 0 unspecified atom stereocenters. The summed E-state index contributed by atoms with van der Waals surface area (Å²) < 4.78 is 0. The molecule has 0 aliphatic carbocycles. The zero-order valence-electron chi connectivity index (χ0n) is 10.3.